The Morgan fingerprint density at radius 2 is 2.07 bits per heavy atom. The number of aliphatic hydroxyl groups excluding tert-OH is 1. The molecule has 4 N–H and O–H groups in total. The number of benzene rings is 1. The molecule has 28 heavy (non-hydrogen) atoms. The van der Waals surface area contributed by atoms with Gasteiger partial charge in [0.1, 0.15) is 11.9 Å². The quantitative estimate of drug-likeness (QED) is 0.553. The zero-order valence-corrected chi connectivity index (χ0v) is 16.1. The number of aliphatic hydroxyl groups is 1. The fourth-order valence-electron chi connectivity index (χ4n) is 2.32. The lowest BCUT2D eigenvalue weighted by atomic mass is 10.0. The zero-order chi connectivity index (χ0) is 20.9. The van der Waals surface area contributed by atoms with E-state index < -0.39 is 22.9 Å². The van der Waals surface area contributed by atoms with Gasteiger partial charge in [0.15, 0.2) is 0 Å². The van der Waals surface area contributed by atoms with Crippen molar-refractivity contribution in [1.29, 1.82) is 0 Å². The smallest absolute Gasteiger partial charge is 0.404 e. The first-order chi connectivity index (χ1) is 13.2. The van der Waals surface area contributed by atoms with Crippen LogP contribution >= 0.6 is 23.2 Å². The first-order valence-corrected chi connectivity index (χ1v) is 8.83. The molecule has 0 spiro atoms. The summed E-state index contributed by atoms with van der Waals surface area (Å²) in [6.07, 6.45) is -2.16. The lowest BCUT2D eigenvalue weighted by Gasteiger charge is -2.16. The molecule has 0 radical (unpaired) electrons. The average Bonchev–Trinajstić information content (AvgIpc) is 2.64. The van der Waals surface area contributed by atoms with E-state index in [1.54, 1.807) is 0 Å². The van der Waals surface area contributed by atoms with Crippen LogP contribution in [-0.2, 0) is 6.18 Å². The molecule has 1 aromatic carbocycles. The van der Waals surface area contributed by atoms with Crippen LogP contribution in [0.2, 0.25) is 10.0 Å². The molecule has 0 bridgehead atoms. The molecule has 0 aliphatic heterocycles. The first kappa shape index (κ1) is 22.0. The van der Waals surface area contributed by atoms with Gasteiger partial charge in [-0.1, -0.05) is 23.2 Å². The molecule has 1 aromatic heterocycles. The Morgan fingerprint density at radius 3 is 2.68 bits per heavy atom. The van der Waals surface area contributed by atoms with Crippen LogP contribution in [0.1, 0.15) is 24.2 Å². The molecule has 0 aliphatic rings. The van der Waals surface area contributed by atoms with Crippen LogP contribution < -0.4 is 11.1 Å². The SMILES string of the molecule is CCNc1ncc(Cl)cc1C(O)/C(C=Nc1ccc(Cl)c(C(F)(F)F)c1)=C/N. The van der Waals surface area contributed by atoms with Crippen LogP contribution in [0.3, 0.4) is 0 Å². The summed E-state index contributed by atoms with van der Waals surface area (Å²) in [7, 11) is 0. The van der Waals surface area contributed by atoms with Crippen molar-refractivity contribution in [3.05, 3.63) is 63.4 Å². The van der Waals surface area contributed by atoms with Crippen molar-refractivity contribution in [2.45, 2.75) is 19.2 Å². The molecule has 1 atom stereocenters. The summed E-state index contributed by atoms with van der Waals surface area (Å²) in [5.74, 6) is 0.401. The van der Waals surface area contributed by atoms with E-state index in [4.69, 9.17) is 28.9 Å². The number of nitrogens with zero attached hydrogens (tertiary/aromatic N) is 2. The second-order valence-electron chi connectivity index (χ2n) is 5.61. The number of anilines is 1. The van der Waals surface area contributed by atoms with Crippen molar-refractivity contribution in [1.82, 2.24) is 4.98 Å². The Bertz CT molecular complexity index is 901. The van der Waals surface area contributed by atoms with Gasteiger partial charge in [-0.25, -0.2) is 4.98 Å². The molecule has 0 saturated carbocycles. The summed E-state index contributed by atoms with van der Waals surface area (Å²) in [5.41, 5.74) is 5.06. The second kappa shape index (κ2) is 9.27. The Morgan fingerprint density at radius 1 is 1.36 bits per heavy atom. The summed E-state index contributed by atoms with van der Waals surface area (Å²) >= 11 is 11.5. The van der Waals surface area contributed by atoms with Gasteiger partial charge in [-0.2, -0.15) is 13.2 Å². The predicted octanol–water partition coefficient (Wildman–Crippen LogP) is 5.12. The average molecular weight is 433 g/mol. The highest BCUT2D eigenvalue weighted by molar-refractivity contribution is 6.31. The van der Waals surface area contributed by atoms with Gasteiger partial charge in [0.05, 0.1) is 21.3 Å². The maximum Gasteiger partial charge on any atom is 0.417 e. The molecule has 5 nitrogen and oxygen atoms in total. The second-order valence-corrected chi connectivity index (χ2v) is 6.45. The molecule has 10 heteroatoms. The number of aromatic nitrogens is 1. The number of alkyl halides is 3. The van der Waals surface area contributed by atoms with Crippen molar-refractivity contribution >= 4 is 40.9 Å². The third-order valence-electron chi connectivity index (χ3n) is 3.65. The largest absolute Gasteiger partial charge is 0.417 e. The topological polar surface area (TPSA) is 83.5 Å². The van der Waals surface area contributed by atoms with Crippen molar-refractivity contribution < 1.29 is 18.3 Å². The number of aliphatic imine (C=N–C) groups is 1. The van der Waals surface area contributed by atoms with E-state index in [-0.39, 0.29) is 11.3 Å². The van der Waals surface area contributed by atoms with Crippen LogP contribution in [-0.4, -0.2) is 22.8 Å². The van der Waals surface area contributed by atoms with Crippen molar-refractivity contribution in [2.75, 3.05) is 11.9 Å². The van der Waals surface area contributed by atoms with Gasteiger partial charge in [-0.3, -0.25) is 4.99 Å². The van der Waals surface area contributed by atoms with E-state index >= 15 is 0 Å². The number of nitrogens with one attached hydrogen (secondary N) is 1. The van der Waals surface area contributed by atoms with E-state index in [0.29, 0.717) is 22.9 Å². The monoisotopic (exact) mass is 432 g/mol. The molecule has 2 aromatic rings. The highest BCUT2D eigenvalue weighted by Gasteiger charge is 2.33. The van der Waals surface area contributed by atoms with E-state index in [0.717, 1.165) is 18.3 Å². The van der Waals surface area contributed by atoms with Gasteiger partial charge in [-0.15, -0.1) is 0 Å². The molecule has 0 saturated heterocycles. The molecular formula is C18H17Cl2F3N4O. The van der Waals surface area contributed by atoms with Crippen molar-refractivity contribution in [3.63, 3.8) is 0 Å². The van der Waals surface area contributed by atoms with E-state index in [9.17, 15) is 18.3 Å². The Kier molecular flexibility index (Phi) is 7.29. The molecule has 1 heterocycles. The maximum atomic E-state index is 13.0. The number of pyridine rings is 1. The zero-order valence-electron chi connectivity index (χ0n) is 14.6. The lowest BCUT2D eigenvalue weighted by Crippen LogP contribution is -2.11. The summed E-state index contributed by atoms with van der Waals surface area (Å²) in [5, 5.41) is 13.5. The van der Waals surface area contributed by atoms with Gasteiger partial charge in [0.2, 0.25) is 0 Å². The Balaban J connectivity index is 2.34. The van der Waals surface area contributed by atoms with E-state index in [1.807, 2.05) is 6.92 Å². The number of rotatable bonds is 6. The standard InChI is InChI=1S/C18H17Cl2F3N4O/c1-2-25-17-13(5-11(19)9-27-17)16(28)10(7-24)8-26-12-3-4-15(20)14(6-12)18(21,22)23/h3-9,16,28H,2,24H2,1H3,(H,25,27)/b10-7+,26-8?. The third-order valence-corrected chi connectivity index (χ3v) is 4.19. The molecule has 0 fully saturated rings. The van der Waals surface area contributed by atoms with Gasteiger partial charge in [0, 0.05) is 36.3 Å². The van der Waals surface area contributed by atoms with E-state index in [2.05, 4.69) is 15.3 Å². The number of nitrogens with two attached hydrogens (primary N) is 1. The summed E-state index contributed by atoms with van der Waals surface area (Å²) < 4.78 is 38.9. The Labute approximate surface area is 169 Å². The molecular weight excluding hydrogens is 416 g/mol. The van der Waals surface area contributed by atoms with Gasteiger partial charge < -0.3 is 16.2 Å². The van der Waals surface area contributed by atoms with Crippen molar-refractivity contribution in [2.24, 2.45) is 10.7 Å². The van der Waals surface area contributed by atoms with E-state index in [1.165, 1.54) is 24.5 Å². The fourth-order valence-corrected chi connectivity index (χ4v) is 2.71. The number of hydrogen-bond donors (Lipinski definition) is 3. The minimum Gasteiger partial charge on any atom is -0.404 e. The predicted molar refractivity (Wildman–Crippen MR) is 105 cm³/mol. The van der Waals surface area contributed by atoms with Crippen LogP contribution in [0.15, 0.2) is 47.2 Å². The third kappa shape index (κ3) is 5.37. The summed E-state index contributed by atoms with van der Waals surface area (Å²) in [4.78, 5) is 8.09. The Hall–Kier alpha value is -2.29. The van der Waals surface area contributed by atoms with Crippen LogP contribution in [0.25, 0.3) is 0 Å². The lowest BCUT2D eigenvalue weighted by molar-refractivity contribution is -0.137. The van der Waals surface area contributed by atoms with Gasteiger partial charge in [0.25, 0.3) is 0 Å². The fraction of sp³-hybridized carbons (Fsp3) is 0.222. The molecule has 2 rings (SSSR count). The summed E-state index contributed by atoms with van der Waals surface area (Å²) in [6, 6.07) is 4.74. The van der Waals surface area contributed by atoms with Crippen LogP contribution in [0, 0.1) is 0 Å². The van der Waals surface area contributed by atoms with Gasteiger partial charge >= 0.3 is 6.18 Å². The van der Waals surface area contributed by atoms with Gasteiger partial charge in [-0.05, 0) is 31.2 Å². The highest BCUT2D eigenvalue weighted by Crippen LogP contribution is 2.37. The molecule has 150 valence electrons. The minimum atomic E-state index is -4.61. The molecule has 0 amide bonds. The highest BCUT2D eigenvalue weighted by atomic mass is 35.5. The maximum absolute atomic E-state index is 13.0. The first-order valence-electron chi connectivity index (χ1n) is 8.07. The molecule has 0 aliphatic carbocycles. The van der Waals surface area contributed by atoms with Crippen molar-refractivity contribution in [3.8, 4) is 0 Å². The normalized spacial score (nSPS) is 13.8. The molecule has 1 unspecified atom stereocenters. The summed E-state index contributed by atoms with van der Waals surface area (Å²) in [6.45, 7) is 2.40. The van der Waals surface area contributed by atoms with Crippen LogP contribution in [0.5, 0.6) is 0 Å². The number of hydrogen-bond acceptors (Lipinski definition) is 5. The number of halogens is 5. The van der Waals surface area contributed by atoms with Crippen LogP contribution in [0.4, 0.5) is 24.7 Å². The minimum absolute atomic E-state index is 0.000555.